The SMILES string of the molecule is CN(C)C(=O)c1cc2c(nc1NCC1CC1)CCN(c1ncccn1)CC2. The summed E-state index contributed by atoms with van der Waals surface area (Å²) < 4.78 is 0. The first-order chi connectivity index (χ1) is 13.1. The van der Waals surface area contributed by atoms with Gasteiger partial charge in [0.25, 0.3) is 5.91 Å². The number of nitrogens with one attached hydrogen (secondary N) is 1. The molecule has 1 aliphatic heterocycles. The van der Waals surface area contributed by atoms with E-state index in [4.69, 9.17) is 4.98 Å². The summed E-state index contributed by atoms with van der Waals surface area (Å²) in [5.41, 5.74) is 2.89. The van der Waals surface area contributed by atoms with Crippen molar-refractivity contribution in [2.24, 2.45) is 5.92 Å². The second kappa shape index (κ2) is 7.50. The quantitative estimate of drug-likeness (QED) is 0.872. The summed E-state index contributed by atoms with van der Waals surface area (Å²) in [5, 5.41) is 3.43. The highest BCUT2D eigenvalue weighted by atomic mass is 16.2. The van der Waals surface area contributed by atoms with Gasteiger partial charge in [-0.25, -0.2) is 15.0 Å². The molecule has 0 saturated heterocycles. The number of fused-ring (bicyclic) bond motifs is 1. The van der Waals surface area contributed by atoms with E-state index in [1.807, 2.05) is 12.1 Å². The molecule has 0 radical (unpaired) electrons. The third-order valence-electron chi connectivity index (χ3n) is 5.19. The van der Waals surface area contributed by atoms with E-state index in [0.29, 0.717) is 5.56 Å². The van der Waals surface area contributed by atoms with Crippen LogP contribution in [-0.4, -0.2) is 59.5 Å². The van der Waals surface area contributed by atoms with Crippen molar-refractivity contribution < 1.29 is 4.79 Å². The molecule has 1 N–H and O–H groups in total. The smallest absolute Gasteiger partial charge is 0.257 e. The third kappa shape index (κ3) is 4.02. The normalized spacial score (nSPS) is 16.4. The number of anilines is 2. The van der Waals surface area contributed by atoms with Crippen molar-refractivity contribution in [1.29, 1.82) is 0 Å². The molecule has 4 rings (SSSR count). The largest absolute Gasteiger partial charge is 0.369 e. The molecule has 1 fully saturated rings. The predicted molar refractivity (Wildman–Crippen MR) is 105 cm³/mol. The zero-order valence-electron chi connectivity index (χ0n) is 16.0. The molecule has 7 nitrogen and oxygen atoms in total. The number of rotatable bonds is 5. The summed E-state index contributed by atoms with van der Waals surface area (Å²) in [5.74, 6) is 2.19. The maximum Gasteiger partial charge on any atom is 0.257 e. The molecule has 1 aliphatic carbocycles. The van der Waals surface area contributed by atoms with Gasteiger partial charge in [-0.2, -0.15) is 0 Å². The Hall–Kier alpha value is -2.70. The second-order valence-electron chi connectivity index (χ2n) is 7.55. The standard InChI is InChI=1S/C20H26N6O/c1-25(2)19(27)16-12-15-6-10-26(20-21-8-3-9-22-20)11-7-17(15)24-18(16)23-13-14-4-5-14/h3,8-9,12,14H,4-7,10-11,13H2,1-2H3,(H,23,24). The molecular formula is C20H26N6O. The van der Waals surface area contributed by atoms with Gasteiger partial charge in [-0.05, 0) is 42.9 Å². The van der Waals surface area contributed by atoms with Crippen molar-refractivity contribution in [1.82, 2.24) is 19.9 Å². The van der Waals surface area contributed by atoms with Crippen LogP contribution in [0.2, 0.25) is 0 Å². The molecular weight excluding hydrogens is 340 g/mol. The number of hydrogen-bond donors (Lipinski definition) is 1. The minimum atomic E-state index is -0.00362. The highest BCUT2D eigenvalue weighted by Gasteiger charge is 2.25. The van der Waals surface area contributed by atoms with Crippen LogP contribution in [-0.2, 0) is 12.8 Å². The van der Waals surface area contributed by atoms with E-state index in [-0.39, 0.29) is 5.91 Å². The number of carbonyl (C=O) groups excluding carboxylic acids is 1. The van der Waals surface area contributed by atoms with Gasteiger partial charge in [0.1, 0.15) is 5.82 Å². The van der Waals surface area contributed by atoms with Crippen LogP contribution >= 0.6 is 0 Å². The molecule has 0 bridgehead atoms. The molecule has 0 aromatic carbocycles. The summed E-state index contributed by atoms with van der Waals surface area (Å²) in [7, 11) is 3.57. The second-order valence-corrected chi connectivity index (χ2v) is 7.55. The minimum absolute atomic E-state index is 0.00362. The van der Waals surface area contributed by atoms with Crippen molar-refractivity contribution in [2.45, 2.75) is 25.7 Å². The lowest BCUT2D eigenvalue weighted by molar-refractivity contribution is 0.0828. The van der Waals surface area contributed by atoms with Crippen molar-refractivity contribution in [3.8, 4) is 0 Å². The molecule has 2 aromatic heterocycles. The van der Waals surface area contributed by atoms with E-state index in [0.717, 1.165) is 61.4 Å². The third-order valence-corrected chi connectivity index (χ3v) is 5.19. The number of carbonyl (C=O) groups is 1. The first kappa shape index (κ1) is 17.7. The highest BCUT2D eigenvalue weighted by molar-refractivity contribution is 5.98. The van der Waals surface area contributed by atoms with Gasteiger partial charge >= 0.3 is 0 Å². The molecule has 142 valence electrons. The maximum absolute atomic E-state index is 12.7. The molecule has 2 aromatic rings. The van der Waals surface area contributed by atoms with E-state index >= 15 is 0 Å². The lowest BCUT2D eigenvalue weighted by atomic mass is 10.0. The van der Waals surface area contributed by atoms with Gasteiger partial charge in [-0.1, -0.05) is 0 Å². The Labute approximate surface area is 159 Å². The zero-order chi connectivity index (χ0) is 18.8. The fourth-order valence-corrected chi connectivity index (χ4v) is 3.39. The van der Waals surface area contributed by atoms with Crippen molar-refractivity contribution in [2.75, 3.05) is 43.9 Å². The molecule has 27 heavy (non-hydrogen) atoms. The van der Waals surface area contributed by atoms with Crippen LogP contribution in [0, 0.1) is 5.92 Å². The van der Waals surface area contributed by atoms with Gasteiger partial charge in [0, 0.05) is 58.2 Å². The Morgan fingerprint density at radius 1 is 1.22 bits per heavy atom. The molecule has 1 amide bonds. The van der Waals surface area contributed by atoms with E-state index in [2.05, 4.69) is 20.2 Å². The zero-order valence-corrected chi connectivity index (χ0v) is 16.0. The first-order valence-corrected chi connectivity index (χ1v) is 9.62. The summed E-state index contributed by atoms with van der Waals surface area (Å²) in [4.78, 5) is 30.1. The average molecular weight is 366 g/mol. The Kier molecular flexibility index (Phi) is 4.92. The fourth-order valence-electron chi connectivity index (χ4n) is 3.39. The number of hydrogen-bond acceptors (Lipinski definition) is 6. The average Bonchev–Trinajstić information content (AvgIpc) is 3.52. The van der Waals surface area contributed by atoms with Gasteiger partial charge in [0.05, 0.1) is 5.56 Å². The molecule has 3 heterocycles. The topological polar surface area (TPSA) is 74.2 Å². The van der Waals surface area contributed by atoms with Gasteiger partial charge < -0.3 is 15.1 Å². The van der Waals surface area contributed by atoms with E-state index < -0.39 is 0 Å². The Balaban J connectivity index is 1.60. The van der Waals surface area contributed by atoms with Crippen molar-refractivity contribution >= 4 is 17.7 Å². The Morgan fingerprint density at radius 2 is 1.96 bits per heavy atom. The van der Waals surface area contributed by atoms with Crippen LogP contribution < -0.4 is 10.2 Å². The van der Waals surface area contributed by atoms with Gasteiger partial charge in [-0.3, -0.25) is 4.79 Å². The van der Waals surface area contributed by atoms with Crippen LogP contribution in [0.4, 0.5) is 11.8 Å². The summed E-state index contributed by atoms with van der Waals surface area (Å²) >= 11 is 0. The van der Waals surface area contributed by atoms with Gasteiger partial charge in [0.15, 0.2) is 0 Å². The van der Waals surface area contributed by atoms with Crippen LogP contribution in [0.15, 0.2) is 24.5 Å². The number of amides is 1. The Bertz CT molecular complexity index is 819. The Morgan fingerprint density at radius 3 is 2.67 bits per heavy atom. The summed E-state index contributed by atoms with van der Waals surface area (Å²) in [6.45, 7) is 2.54. The van der Waals surface area contributed by atoms with Crippen LogP contribution in [0.1, 0.15) is 34.5 Å². The summed E-state index contributed by atoms with van der Waals surface area (Å²) in [6, 6.07) is 3.86. The molecule has 1 saturated carbocycles. The lowest BCUT2D eigenvalue weighted by Crippen LogP contribution is -2.27. The first-order valence-electron chi connectivity index (χ1n) is 9.62. The van der Waals surface area contributed by atoms with Gasteiger partial charge in [0.2, 0.25) is 5.95 Å². The van der Waals surface area contributed by atoms with Crippen LogP contribution in [0.5, 0.6) is 0 Å². The maximum atomic E-state index is 12.7. The minimum Gasteiger partial charge on any atom is -0.369 e. The lowest BCUT2D eigenvalue weighted by Gasteiger charge is -2.19. The summed E-state index contributed by atoms with van der Waals surface area (Å²) in [6.07, 6.45) is 7.72. The molecule has 0 atom stereocenters. The van der Waals surface area contributed by atoms with Crippen molar-refractivity contribution in [3.63, 3.8) is 0 Å². The van der Waals surface area contributed by atoms with Crippen molar-refractivity contribution in [3.05, 3.63) is 41.3 Å². The van der Waals surface area contributed by atoms with E-state index in [1.54, 1.807) is 31.4 Å². The number of aromatic nitrogens is 3. The van der Waals surface area contributed by atoms with E-state index in [1.165, 1.54) is 12.8 Å². The monoisotopic (exact) mass is 366 g/mol. The molecule has 0 unspecified atom stereocenters. The fraction of sp³-hybridized carbons (Fsp3) is 0.500. The van der Waals surface area contributed by atoms with Crippen LogP contribution in [0.3, 0.4) is 0 Å². The molecule has 7 heteroatoms. The highest BCUT2D eigenvalue weighted by Crippen LogP contribution is 2.30. The predicted octanol–water partition coefficient (Wildman–Crippen LogP) is 2.00. The molecule has 2 aliphatic rings. The van der Waals surface area contributed by atoms with E-state index in [9.17, 15) is 4.79 Å². The molecule has 0 spiro atoms. The van der Waals surface area contributed by atoms with Crippen LogP contribution in [0.25, 0.3) is 0 Å². The number of pyridine rings is 1. The van der Waals surface area contributed by atoms with Gasteiger partial charge in [-0.15, -0.1) is 0 Å². The number of nitrogens with zero attached hydrogens (tertiary/aromatic N) is 5.